The number of nitrogens with one attached hydrogen (secondary N) is 2. The predicted molar refractivity (Wildman–Crippen MR) is 152 cm³/mol. The van der Waals surface area contributed by atoms with E-state index in [1.807, 2.05) is 14.0 Å². The Hall–Kier alpha value is -2.06. The molecule has 0 amide bonds. The maximum Gasteiger partial charge on any atom is 0.0721 e. The van der Waals surface area contributed by atoms with Gasteiger partial charge >= 0.3 is 0 Å². The third-order valence-corrected chi connectivity index (χ3v) is 6.75. The normalized spacial score (nSPS) is 15.4. The first-order chi connectivity index (χ1) is 16.4. The van der Waals surface area contributed by atoms with E-state index in [1.165, 1.54) is 60.4 Å². The molecule has 1 atom stereocenters. The van der Waals surface area contributed by atoms with Crippen LogP contribution in [0.5, 0.6) is 0 Å². The van der Waals surface area contributed by atoms with Crippen molar-refractivity contribution >= 4 is 5.69 Å². The van der Waals surface area contributed by atoms with Gasteiger partial charge in [-0.3, -0.25) is 0 Å². The van der Waals surface area contributed by atoms with Crippen LogP contribution in [0.2, 0.25) is 0 Å². The van der Waals surface area contributed by atoms with Crippen LogP contribution in [0.3, 0.4) is 0 Å². The van der Waals surface area contributed by atoms with Gasteiger partial charge in [0, 0.05) is 32.4 Å². The van der Waals surface area contributed by atoms with Crippen LogP contribution in [0, 0.1) is 26.7 Å². The quantitative estimate of drug-likeness (QED) is 0.294. The number of piperidine rings is 1. The van der Waals surface area contributed by atoms with E-state index in [1.54, 1.807) is 13.2 Å². The second-order valence-corrected chi connectivity index (χ2v) is 8.88. The number of likely N-dealkylation sites (tertiary alicyclic amines) is 1. The summed E-state index contributed by atoms with van der Waals surface area (Å²) in [5.74, 6) is 0.711. The summed E-state index contributed by atoms with van der Waals surface area (Å²) in [6.07, 6.45) is 17.1. The first-order valence-electron chi connectivity index (χ1n) is 12.7. The lowest BCUT2D eigenvalue weighted by Gasteiger charge is -2.32. The molecule has 1 saturated heterocycles. The van der Waals surface area contributed by atoms with Crippen LogP contribution in [-0.2, 0) is 4.74 Å². The van der Waals surface area contributed by atoms with Gasteiger partial charge in [0.15, 0.2) is 0 Å². The van der Waals surface area contributed by atoms with E-state index in [4.69, 9.17) is 4.74 Å². The van der Waals surface area contributed by atoms with Crippen molar-refractivity contribution in [3.8, 4) is 12.8 Å². The maximum atomic E-state index is 4.78. The number of rotatable bonds is 11. The van der Waals surface area contributed by atoms with Crippen molar-refractivity contribution in [2.45, 2.75) is 72.3 Å². The van der Waals surface area contributed by atoms with E-state index >= 15 is 0 Å². The number of hydrogen-bond acceptors (Lipinski definition) is 4. The van der Waals surface area contributed by atoms with Gasteiger partial charge in [-0.2, -0.15) is 0 Å². The van der Waals surface area contributed by atoms with Crippen LogP contribution < -0.4 is 10.6 Å². The molecule has 192 valence electrons. The van der Waals surface area contributed by atoms with Crippen molar-refractivity contribution in [2.75, 3.05) is 52.2 Å². The smallest absolute Gasteiger partial charge is 0.0721 e. The largest absolute Gasteiger partial charge is 0.384 e. The summed E-state index contributed by atoms with van der Waals surface area (Å²) in [6.45, 7) is 20.1. The molecular formula is C30H51N3O. The van der Waals surface area contributed by atoms with Crippen molar-refractivity contribution in [1.29, 1.82) is 0 Å². The van der Waals surface area contributed by atoms with E-state index < -0.39 is 0 Å². The van der Waals surface area contributed by atoms with Crippen molar-refractivity contribution in [3.63, 3.8) is 0 Å². The van der Waals surface area contributed by atoms with Crippen molar-refractivity contribution in [1.82, 2.24) is 10.2 Å². The Kier molecular flexibility index (Phi) is 18.1. The van der Waals surface area contributed by atoms with E-state index in [2.05, 4.69) is 80.9 Å². The van der Waals surface area contributed by atoms with E-state index in [0.717, 1.165) is 25.9 Å². The Morgan fingerprint density at radius 2 is 1.88 bits per heavy atom. The van der Waals surface area contributed by atoms with E-state index in [0.29, 0.717) is 5.92 Å². The minimum atomic E-state index is 0.199. The molecule has 4 heteroatoms. The Bertz CT molecular complexity index is 730. The van der Waals surface area contributed by atoms with Gasteiger partial charge < -0.3 is 20.3 Å². The number of hydrogen-bond donors (Lipinski definition) is 2. The van der Waals surface area contributed by atoms with Crippen LogP contribution >= 0.6 is 0 Å². The molecule has 0 saturated carbocycles. The highest BCUT2D eigenvalue weighted by Crippen LogP contribution is 2.32. The minimum Gasteiger partial charge on any atom is -0.384 e. The molecule has 0 aromatic heterocycles. The molecule has 2 N–H and O–H groups in total. The SMILES string of the molecule is C#C.C/C=C(/CC)CCNc1cc(C2CCN(CCNC)CC2)cc(C)c1C.C=CC(C)OC. The van der Waals surface area contributed by atoms with Gasteiger partial charge in [0.05, 0.1) is 6.10 Å². The summed E-state index contributed by atoms with van der Waals surface area (Å²) in [5.41, 5.74) is 7.23. The Labute approximate surface area is 211 Å². The van der Waals surface area contributed by atoms with Gasteiger partial charge in [0.2, 0.25) is 0 Å². The number of likely N-dealkylation sites (N-methyl/N-ethyl adjacent to an activating group) is 1. The zero-order chi connectivity index (χ0) is 25.9. The highest BCUT2D eigenvalue weighted by Gasteiger charge is 2.21. The number of aryl methyl sites for hydroxylation is 1. The Balaban J connectivity index is 0.00000118. The molecule has 0 radical (unpaired) electrons. The van der Waals surface area contributed by atoms with Crippen LogP contribution in [0.15, 0.2) is 36.4 Å². The van der Waals surface area contributed by atoms with Gasteiger partial charge in [0.1, 0.15) is 0 Å². The highest BCUT2D eigenvalue weighted by molar-refractivity contribution is 5.56. The lowest BCUT2D eigenvalue weighted by molar-refractivity contribution is 0.156. The molecule has 1 heterocycles. The van der Waals surface area contributed by atoms with Crippen molar-refractivity contribution in [3.05, 3.63) is 53.1 Å². The van der Waals surface area contributed by atoms with Crippen LogP contribution in [0.1, 0.15) is 69.1 Å². The summed E-state index contributed by atoms with van der Waals surface area (Å²) in [4.78, 5) is 2.59. The predicted octanol–water partition coefficient (Wildman–Crippen LogP) is 6.32. The van der Waals surface area contributed by atoms with Crippen LogP contribution in [-0.4, -0.2) is 57.9 Å². The third-order valence-electron chi connectivity index (χ3n) is 6.75. The first kappa shape index (κ1) is 31.9. The average molecular weight is 470 g/mol. The fourth-order valence-corrected chi connectivity index (χ4v) is 4.05. The van der Waals surface area contributed by atoms with Crippen LogP contribution in [0.25, 0.3) is 0 Å². The molecule has 0 bridgehead atoms. The summed E-state index contributed by atoms with van der Waals surface area (Å²) in [5, 5.41) is 6.97. The third kappa shape index (κ3) is 11.9. The number of ether oxygens (including phenoxy) is 1. The van der Waals surface area contributed by atoms with E-state index in [9.17, 15) is 0 Å². The molecular weight excluding hydrogens is 418 g/mol. The number of methoxy groups -OCH3 is 1. The number of allylic oxidation sites excluding steroid dienone is 1. The van der Waals surface area contributed by atoms with Crippen LogP contribution in [0.4, 0.5) is 5.69 Å². The Morgan fingerprint density at radius 1 is 1.24 bits per heavy atom. The van der Waals surface area contributed by atoms with Gasteiger partial charge in [0.25, 0.3) is 0 Å². The van der Waals surface area contributed by atoms with Crippen molar-refractivity contribution < 1.29 is 4.74 Å². The molecule has 1 aromatic rings. The molecule has 1 unspecified atom stereocenters. The number of terminal acetylenes is 1. The lowest BCUT2D eigenvalue weighted by atomic mass is 9.87. The molecule has 0 aliphatic carbocycles. The minimum absolute atomic E-state index is 0.199. The molecule has 4 nitrogen and oxygen atoms in total. The van der Waals surface area contributed by atoms with Gasteiger partial charge in [-0.05, 0) is 102 Å². The van der Waals surface area contributed by atoms with E-state index in [-0.39, 0.29) is 6.10 Å². The average Bonchev–Trinajstić information content (AvgIpc) is 2.89. The molecule has 2 rings (SSSR count). The summed E-state index contributed by atoms with van der Waals surface area (Å²) in [7, 11) is 3.70. The summed E-state index contributed by atoms with van der Waals surface area (Å²) >= 11 is 0. The second kappa shape index (κ2) is 19.3. The fraction of sp³-hybridized carbons (Fsp3) is 0.600. The summed E-state index contributed by atoms with van der Waals surface area (Å²) < 4.78 is 4.78. The maximum absolute atomic E-state index is 4.78. The number of benzene rings is 1. The Morgan fingerprint density at radius 3 is 2.35 bits per heavy atom. The first-order valence-corrected chi connectivity index (χ1v) is 12.7. The van der Waals surface area contributed by atoms with Crippen molar-refractivity contribution in [2.24, 2.45) is 0 Å². The molecule has 1 aliphatic rings. The van der Waals surface area contributed by atoms with Gasteiger partial charge in [-0.25, -0.2) is 0 Å². The second-order valence-electron chi connectivity index (χ2n) is 8.88. The molecule has 1 aliphatic heterocycles. The lowest BCUT2D eigenvalue weighted by Crippen LogP contribution is -2.37. The zero-order valence-electron chi connectivity index (χ0n) is 23.0. The summed E-state index contributed by atoms with van der Waals surface area (Å²) in [6, 6.07) is 4.86. The molecule has 34 heavy (non-hydrogen) atoms. The molecule has 1 fully saturated rings. The number of nitrogens with zero attached hydrogens (tertiary/aromatic N) is 1. The monoisotopic (exact) mass is 469 g/mol. The molecule has 1 aromatic carbocycles. The zero-order valence-corrected chi connectivity index (χ0v) is 23.0. The number of anilines is 1. The topological polar surface area (TPSA) is 36.5 Å². The standard InChI is InChI=1S/C23H39N3.C5H10O.C2H2/c1-6-20(7-2)8-11-25-23-17-22(16-18(3)19(23)4)21-9-13-26(14-10-21)15-12-24-5;1-4-5(2)6-3;1-2/h6,16-17,21,24-25H,7-15H2,1-5H3;4-5H,1H2,2-3H3;1-2H/b20-6-;;. The fourth-order valence-electron chi connectivity index (χ4n) is 4.05. The van der Waals surface area contributed by atoms with Gasteiger partial charge in [-0.15, -0.1) is 19.4 Å². The van der Waals surface area contributed by atoms with Gasteiger partial charge in [-0.1, -0.05) is 30.7 Å². The highest BCUT2D eigenvalue weighted by atomic mass is 16.5. The molecule has 0 spiro atoms.